The van der Waals surface area contributed by atoms with Crippen LogP contribution in [-0.4, -0.2) is 12.5 Å². The highest BCUT2D eigenvalue weighted by Gasteiger charge is 2.16. The van der Waals surface area contributed by atoms with Crippen molar-refractivity contribution in [2.24, 2.45) is 0 Å². The highest BCUT2D eigenvalue weighted by molar-refractivity contribution is 5.85. The lowest BCUT2D eigenvalue weighted by atomic mass is 10.1. The largest absolute Gasteiger partial charge is 0.427 e. The molecule has 0 bridgehead atoms. The molecule has 16 heavy (non-hydrogen) atoms. The van der Waals surface area contributed by atoms with E-state index in [1.54, 1.807) is 6.07 Å². The Balaban J connectivity index is 0.00000128. The third-order valence-electron chi connectivity index (χ3n) is 2.58. The summed E-state index contributed by atoms with van der Waals surface area (Å²) in [6.07, 6.45) is 2.37. The molecule has 0 aliphatic carbocycles. The lowest BCUT2D eigenvalue weighted by molar-refractivity contribution is -0.131. The Morgan fingerprint density at radius 3 is 2.94 bits per heavy atom. The molecule has 1 saturated heterocycles. The van der Waals surface area contributed by atoms with Gasteiger partial charge in [0, 0.05) is 13.0 Å². The van der Waals surface area contributed by atoms with Crippen molar-refractivity contribution in [3.8, 4) is 5.75 Å². The zero-order valence-electron chi connectivity index (χ0n) is 9.23. The summed E-state index contributed by atoms with van der Waals surface area (Å²) in [5, 5.41) is 3.41. The second-order valence-electron chi connectivity index (χ2n) is 3.82. The van der Waals surface area contributed by atoms with E-state index >= 15 is 0 Å². The van der Waals surface area contributed by atoms with Gasteiger partial charge in [0.25, 0.3) is 0 Å². The van der Waals surface area contributed by atoms with Crippen molar-refractivity contribution in [1.82, 2.24) is 5.32 Å². The van der Waals surface area contributed by atoms with Gasteiger partial charge >= 0.3 is 5.97 Å². The van der Waals surface area contributed by atoms with E-state index in [4.69, 9.17) is 4.74 Å². The van der Waals surface area contributed by atoms with E-state index in [9.17, 15) is 4.79 Å². The summed E-state index contributed by atoms with van der Waals surface area (Å²) in [7, 11) is 0. The Labute approximate surface area is 102 Å². The molecule has 1 aromatic carbocycles. The maximum atomic E-state index is 10.8. The van der Waals surface area contributed by atoms with Gasteiger partial charge in [-0.1, -0.05) is 12.1 Å². The molecular weight excluding hydrogens is 226 g/mol. The monoisotopic (exact) mass is 241 g/mol. The summed E-state index contributed by atoms with van der Waals surface area (Å²) in [4.78, 5) is 10.8. The Morgan fingerprint density at radius 2 is 2.31 bits per heavy atom. The number of carbonyl (C=O) groups excluding carboxylic acids is 1. The first-order valence-corrected chi connectivity index (χ1v) is 5.27. The molecule has 1 N–H and O–H groups in total. The average Bonchev–Trinajstić information content (AvgIpc) is 2.69. The quantitative estimate of drug-likeness (QED) is 0.639. The molecule has 2 rings (SSSR count). The van der Waals surface area contributed by atoms with Crippen LogP contribution in [0.15, 0.2) is 24.3 Å². The third-order valence-corrected chi connectivity index (χ3v) is 2.58. The SMILES string of the molecule is CC(=O)Oc1cccc([C@@H]2CCCN2)c1.Cl. The third kappa shape index (κ3) is 3.22. The highest BCUT2D eigenvalue weighted by atomic mass is 35.5. The van der Waals surface area contributed by atoms with Crippen molar-refractivity contribution in [2.45, 2.75) is 25.8 Å². The van der Waals surface area contributed by atoms with Gasteiger partial charge in [0.15, 0.2) is 0 Å². The lowest BCUT2D eigenvalue weighted by Gasteiger charge is -2.11. The van der Waals surface area contributed by atoms with Crippen LogP contribution in [0.1, 0.15) is 31.4 Å². The number of hydrogen-bond donors (Lipinski definition) is 1. The minimum atomic E-state index is -0.272. The topological polar surface area (TPSA) is 38.3 Å². The van der Waals surface area contributed by atoms with Crippen LogP contribution in [0, 0.1) is 0 Å². The molecular formula is C12H16ClNO2. The molecule has 88 valence electrons. The van der Waals surface area contributed by atoms with Gasteiger partial charge in [-0.05, 0) is 37.1 Å². The number of hydrogen-bond acceptors (Lipinski definition) is 3. The summed E-state index contributed by atoms with van der Waals surface area (Å²) in [5.74, 6) is 0.361. The summed E-state index contributed by atoms with van der Waals surface area (Å²) in [6.45, 7) is 2.49. The van der Waals surface area contributed by atoms with Gasteiger partial charge in [0.05, 0.1) is 0 Å². The molecule has 0 saturated carbocycles. The van der Waals surface area contributed by atoms with Gasteiger partial charge in [-0.15, -0.1) is 12.4 Å². The van der Waals surface area contributed by atoms with Gasteiger partial charge in [0.2, 0.25) is 0 Å². The molecule has 1 aliphatic heterocycles. The van der Waals surface area contributed by atoms with E-state index in [0.29, 0.717) is 11.8 Å². The van der Waals surface area contributed by atoms with E-state index in [2.05, 4.69) is 11.4 Å². The van der Waals surface area contributed by atoms with Gasteiger partial charge in [-0.3, -0.25) is 4.79 Å². The summed E-state index contributed by atoms with van der Waals surface area (Å²) in [5.41, 5.74) is 1.20. The van der Waals surface area contributed by atoms with Crippen LogP contribution in [0.5, 0.6) is 5.75 Å². The molecule has 1 atom stereocenters. The Bertz CT molecular complexity index is 362. The summed E-state index contributed by atoms with van der Waals surface area (Å²) in [6, 6.07) is 8.15. The molecule has 4 heteroatoms. The van der Waals surface area contributed by atoms with Crippen LogP contribution in [0.3, 0.4) is 0 Å². The first-order valence-electron chi connectivity index (χ1n) is 5.27. The summed E-state index contributed by atoms with van der Waals surface area (Å²) < 4.78 is 5.05. The fraction of sp³-hybridized carbons (Fsp3) is 0.417. The van der Waals surface area contributed by atoms with Crippen molar-refractivity contribution in [2.75, 3.05) is 6.54 Å². The molecule has 1 fully saturated rings. The lowest BCUT2D eigenvalue weighted by Crippen LogP contribution is -2.13. The number of halogens is 1. The minimum absolute atomic E-state index is 0. The van der Waals surface area contributed by atoms with Crippen LogP contribution >= 0.6 is 12.4 Å². The number of esters is 1. The number of rotatable bonds is 2. The molecule has 3 nitrogen and oxygen atoms in total. The summed E-state index contributed by atoms with van der Waals surface area (Å²) >= 11 is 0. The predicted octanol–water partition coefficient (Wildman–Crippen LogP) is 2.46. The fourth-order valence-electron chi connectivity index (χ4n) is 1.93. The molecule has 1 heterocycles. The minimum Gasteiger partial charge on any atom is -0.427 e. The number of benzene rings is 1. The van der Waals surface area contributed by atoms with Gasteiger partial charge < -0.3 is 10.1 Å². The first-order chi connectivity index (χ1) is 7.25. The second kappa shape index (κ2) is 5.87. The van der Waals surface area contributed by atoms with E-state index in [1.807, 2.05) is 12.1 Å². The Kier molecular flexibility index (Phi) is 4.77. The van der Waals surface area contributed by atoms with Crippen molar-refractivity contribution in [3.63, 3.8) is 0 Å². The normalized spacial score (nSPS) is 18.9. The second-order valence-corrected chi connectivity index (χ2v) is 3.82. The number of ether oxygens (including phenoxy) is 1. The standard InChI is InChI=1S/C12H15NO2.ClH/c1-9(14)15-11-5-2-4-10(8-11)12-6-3-7-13-12;/h2,4-5,8,12-13H,3,6-7H2,1H3;1H/t12-;/m0./s1. The van der Waals surface area contributed by atoms with Crippen molar-refractivity contribution >= 4 is 18.4 Å². The van der Waals surface area contributed by atoms with Crippen LogP contribution in [0.2, 0.25) is 0 Å². The van der Waals surface area contributed by atoms with Crippen molar-refractivity contribution < 1.29 is 9.53 Å². The van der Waals surface area contributed by atoms with E-state index in [-0.39, 0.29) is 18.4 Å². The van der Waals surface area contributed by atoms with Crippen molar-refractivity contribution in [3.05, 3.63) is 29.8 Å². The molecule has 0 unspecified atom stereocenters. The van der Waals surface area contributed by atoms with E-state index in [0.717, 1.165) is 13.0 Å². The molecule has 0 amide bonds. The molecule has 0 radical (unpaired) electrons. The van der Waals surface area contributed by atoms with Crippen LogP contribution < -0.4 is 10.1 Å². The zero-order chi connectivity index (χ0) is 10.7. The maximum absolute atomic E-state index is 10.8. The smallest absolute Gasteiger partial charge is 0.308 e. The van der Waals surface area contributed by atoms with Crippen LogP contribution in [-0.2, 0) is 4.79 Å². The van der Waals surface area contributed by atoms with E-state index < -0.39 is 0 Å². The van der Waals surface area contributed by atoms with Gasteiger partial charge in [0.1, 0.15) is 5.75 Å². The number of carbonyl (C=O) groups is 1. The zero-order valence-corrected chi connectivity index (χ0v) is 10.0. The molecule has 0 spiro atoms. The van der Waals surface area contributed by atoms with E-state index in [1.165, 1.54) is 18.9 Å². The van der Waals surface area contributed by atoms with Crippen LogP contribution in [0.4, 0.5) is 0 Å². The predicted molar refractivity (Wildman–Crippen MR) is 65.0 cm³/mol. The van der Waals surface area contributed by atoms with Crippen LogP contribution in [0.25, 0.3) is 0 Å². The fourth-order valence-corrected chi connectivity index (χ4v) is 1.93. The van der Waals surface area contributed by atoms with Crippen molar-refractivity contribution in [1.29, 1.82) is 0 Å². The molecule has 0 aromatic heterocycles. The highest BCUT2D eigenvalue weighted by Crippen LogP contribution is 2.25. The first kappa shape index (κ1) is 13.0. The maximum Gasteiger partial charge on any atom is 0.308 e. The number of nitrogens with one attached hydrogen (secondary N) is 1. The average molecular weight is 242 g/mol. The Morgan fingerprint density at radius 1 is 1.50 bits per heavy atom. The molecule has 1 aliphatic rings. The van der Waals surface area contributed by atoms with Gasteiger partial charge in [-0.25, -0.2) is 0 Å². The molecule has 1 aromatic rings. The van der Waals surface area contributed by atoms with Gasteiger partial charge in [-0.2, -0.15) is 0 Å². The Hall–Kier alpha value is -1.06.